The maximum atomic E-state index is 5.46. The van der Waals surface area contributed by atoms with E-state index in [1.54, 1.807) is 7.11 Å². The van der Waals surface area contributed by atoms with Gasteiger partial charge in [-0.2, -0.15) is 4.98 Å². The number of hydrogen-bond acceptors (Lipinski definition) is 5. The molecule has 1 aromatic rings. The van der Waals surface area contributed by atoms with Crippen molar-refractivity contribution in [3.63, 3.8) is 0 Å². The fourth-order valence-electron chi connectivity index (χ4n) is 2.40. The fourth-order valence-corrected chi connectivity index (χ4v) is 2.40. The van der Waals surface area contributed by atoms with Crippen LogP contribution in [0.15, 0.2) is 6.20 Å². The van der Waals surface area contributed by atoms with Crippen LogP contribution in [0.1, 0.15) is 25.8 Å². The van der Waals surface area contributed by atoms with E-state index in [2.05, 4.69) is 34.4 Å². The third kappa shape index (κ3) is 2.14. The van der Waals surface area contributed by atoms with Crippen molar-refractivity contribution in [2.45, 2.75) is 39.3 Å². The Kier molecular flexibility index (Phi) is 3.43. The lowest BCUT2D eigenvalue weighted by molar-refractivity contribution is -0.0795. The van der Waals surface area contributed by atoms with Crippen molar-refractivity contribution >= 4 is 11.8 Å². The summed E-state index contributed by atoms with van der Waals surface area (Å²) in [6.45, 7) is 6.46. The van der Waals surface area contributed by atoms with Gasteiger partial charge in [0.2, 0.25) is 5.95 Å². The average Bonchev–Trinajstić information content (AvgIpc) is 2.35. The Morgan fingerprint density at radius 2 is 2.17 bits per heavy atom. The van der Waals surface area contributed by atoms with E-state index in [1.165, 1.54) is 0 Å². The summed E-state index contributed by atoms with van der Waals surface area (Å²) in [5, 5.41) is 6.46. The second-order valence-corrected chi connectivity index (χ2v) is 5.45. The number of methoxy groups -OCH3 is 1. The molecule has 0 saturated heterocycles. The van der Waals surface area contributed by atoms with Gasteiger partial charge in [-0.3, -0.25) is 0 Å². The minimum atomic E-state index is 0.131. The van der Waals surface area contributed by atoms with Gasteiger partial charge in [0, 0.05) is 37.4 Å². The molecule has 2 atom stereocenters. The maximum absolute atomic E-state index is 5.46. The molecule has 0 radical (unpaired) electrons. The van der Waals surface area contributed by atoms with Crippen molar-refractivity contribution < 1.29 is 4.74 Å². The summed E-state index contributed by atoms with van der Waals surface area (Å²) >= 11 is 0. The number of nitrogens with one attached hydrogen (secondary N) is 2. The SMILES string of the molecule is CNc1ncc(C)c(NC2CC(OC)C2(C)C)n1. The van der Waals surface area contributed by atoms with Gasteiger partial charge in [0.15, 0.2) is 0 Å². The summed E-state index contributed by atoms with van der Waals surface area (Å²) in [7, 11) is 3.60. The van der Waals surface area contributed by atoms with Crippen LogP contribution >= 0.6 is 0 Å². The van der Waals surface area contributed by atoms with Crippen molar-refractivity contribution in [3.05, 3.63) is 11.8 Å². The van der Waals surface area contributed by atoms with Gasteiger partial charge in [-0.1, -0.05) is 13.8 Å². The normalized spacial score (nSPS) is 25.4. The molecular weight excluding hydrogens is 228 g/mol. The Bertz CT molecular complexity index is 433. The van der Waals surface area contributed by atoms with Gasteiger partial charge >= 0.3 is 0 Å². The van der Waals surface area contributed by atoms with Crippen LogP contribution in [0.4, 0.5) is 11.8 Å². The van der Waals surface area contributed by atoms with E-state index < -0.39 is 0 Å². The van der Waals surface area contributed by atoms with Crippen LogP contribution in [0.25, 0.3) is 0 Å². The highest BCUT2D eigenvalue weighted by Crippen LogP contribution is 2.44. The van der Waals surface area contributed by atoms with E-state index in [0.717, 1.165) is 17.8 Å². The molecule has 0 aromatic carbocycles. The van der Waals surface area contributed by atoms with Gasteiger partial charge in [0.1, 0.15) is 5.82 Å². The molecule has 5 nitrogen and oxygen atoms in total. The largest absolute Gasteiger partial charge is 0.381 e. The van der Waals surface area contributed by atoms with Crippen LogP contribution in [-0.2, 0) is 4.74 Å². The molecule has 0 bridgehead atoms. The van der Waals surface area contributed by atoms with Gasteiger partial charge in [-0.05, 0) is 13.3 Å². The van der Waals surface area contributed by atoms with Crippen LogP contribution in [0.3, 0.4) is 0 Å². The Morgan fingerprint density at radius 3 is 2.72 bits per heavy atom. The molecule has 0 aliphatic heterocycles. The van der Waals surface area contributed by atoms with Crippen LogP contribution in [0.2, 0.25) is 0 Å². The monoisotopic (exact) mass is 250 g/mol. The molecule has 1 fully saturated rings. The second-order valence-electron chi connectivity index (χ2n) is 5.45. The van der Waals surface area contributed by atoms with Crippen LogP contribution in [0, 0.1) is 12.3 Å². The van der Waals surface area contributed by atoms with Crippen LogP contribution in [-0.4, -0.2) is 36.3 Å². The third-order valence-corrected chi connectivity index (χ3v) is 3.97. The Hall–Kier alpha value is -1.36. The summed E-state index contributed by atoms with van der Waals surface area (Å²) in [5.41, 5.74) is 1.19. The summed E-state index contributed by atoms with van der Waals surface area (Å²) in [6.07, 6.45) is 3.17. The number of aromatic nitrogens is 2. The molecule has 1 aromatic heterocycles. The van der Waals surface area contributed by atoms with E-state index >= 15 is 0 Å². The standard InChI is InChI=1S/C13H22N4O/c1-8-7-15-12(14-4)17-11(8)16-9-6-10(18-5)13(9,2)3/h7,9-10H,6H2,1-5H3,(H2,14,15,16,17). The number of hydrogen-bond donors (Lipinski definition) is 2. The highest BCUT2D eigenvalue weighted by molar-refractivity contribution is 5.48. The van der Waals surface area contributed by atoms with Crippen molar-refractivity contribution in [2.24, 2.45) is 5.41 Å². The van der Waals surface area contributed by atoms with E-state index in [4.69, 9.17) is 4.74 Å². The second kappa shape index (κ2) is 4.72. The summed E-state index contributed by atoms with van der Waals surface area (Å²) < 4.78 is 5.46. The van der Waals surface area contributed by atoms with E-state index in [1.807, 2.05) is 20.2 Å². The summed E-state index contributed by atoms with van der Waals surface area (Å²) in [4.78, 5) is 8.64. The topological polar surface area (TPSA) is 59.1 Å². The number of ether oxygens (including phenoxy) is 1. The molecule has 2 rings (SSSR count). The number of aryl methyl sites for hydroxylation is 1. The molecular formula is C13H22N4O. The minimum absolute atomic E-state index is 0.131. The van der Waals surface area contributed by atoms with Crippen molar-refractivity contribution in [3.8, 4) is 0 Å². The van der Waals surface area contributed by atoms with Gasteiger partial charge in [-0.25, -0.2) is 4.98 Å². The zero-order valence-electron chi connectivity index (χ0n) is 11.7. The molecule has 5 heteroatoms. The first-order valence-electron chi connectivity index (χ1n) is 6.29. The number of anilines is 2. The Balaban J connectivity index is 2.11. The molecule has 0 spiro atoms. The number of rotatable bonds is 4. The molecule has 2 N–H and O–H groups in total. The Morgan fingerprint density at radius 1 is 1.44 bits per heavy atom. The quantitative estimate of drug-likeness (QED) is 0.856. The first kappa shape index (κ1) is 13.1. The summed E-state index contributed by atoms with van der Waals surface area (Å²) in [6, 6.07) is 0.390. The molecule has 1 aliphatic carbocycles. The predicted octanol–water partition coefficient (Wildman–Crippen LogP) is 2.05. The fraction of sp³-hybridized carbons (Fsp3) is 0.692. The zero-order chi connectivity index (χ0) is 13.3. The molecule has 1 aliphatic rings. The summed E-state index contributed by atoms with van der Waals surface area (Å²) in [5.74, 6) is 1.55. The lowest BCUT2D eigenvalue weighted by Crippen LogP contribution is -2.57. The van der Waals surface area contributed by atoms with E-state index in [0.29, 0.717) is 18.1 Å². The first-order valence-corrected chi connectivity index (χ1v) is 6.29. The average molecular weight is 250 g/mol. The van der Waals surface area contributed by atoms with Crippen LogP contribution < -0.4 is 10.6 Å². The molecule has 0 amide bonds. The third-order valence-electron chi connectivity index (χ3n) is 3.97. The number of nitrogens with zero attached hydrogens (tertiary/aromatic N) is 2. The molecule has 2 unspecified atom stereocenters. The smallest absolute Gasteiger partial charge is 0.224 e. The van der Waals surface area contributed by atoms with E-state index in [9.17, 15) is 0 Å². The van der Waals surface area contributed by atoms with Gasteiger partial charge < -0.3 is 15.4 Å². The molecule has 1 saturated carbocycles. The lowest BCUT2D eigenvalue weighted by atomic mass is 9.64. The maximum Gasteiger partial charge on any atom is 0.224 e. The highest BCUT2D eigenvalue weighted by atomic mass is 16.5. The Labute approximate surface area is 108 Å². The lowest BCUT2D eigenvalue weighted by Gasteiger charge is -2.51. The molecule has 18 heavy (non-hydrogen) atoms. The van der Waals surface area contributed by atoms with E-state index in [-0.39, 0.29) is 5.41 Å². The zero-order valence-corrected chi connectivity index (χ0v) is 11.7. The first-order chi connectivity index (χ1) is 8.48. The van der Waals surface area contributed by atoms with Crippen molar-refractivity contribution in [1.29, 1.82) is 0 Å². The minimum Gasteiger partial charge on any atom is -0.381 e. The van der Waals surface area contributed by atoms with Crippen molar-refractivity contribution in [2.75, 3.05) is 24.8 Å². The van der Waals surface area contributed by atoms with Gasteiger partial charge in [0.05, 0.1) is 6.10 Å². The molecule has 100 valence electrons. The van der Waals surface area contributed by atoms with Crippen molar-refractivity contribution in [1.82, 2.24) is 9.97 Å². The van der Waals surface area contributed by atoms with Gasteiger partial charge in [0.25, 0.3) is 0 Å². The van der Waals surface area contributed by atoms with Crippen LogP contribution in [0.5, 0.6) is 0 Å². The predicted molar refractivity (Wildman–Crippen MR) is 72.9 cm³/mol. The molecule has 1 heterocycles. The highest BCUT2D eigenvalue weighted by Gasteiger charge is 2.48. The van der Waals surface area contributed by atoms with Gasteiger partial charge in [-0.15, -0.1) is 0 Å².